The number of rotatable bonds is 5. The Morgan fingerprint density at radius 1 is 1.03 bits per heavy atom. The zero-order valence-electron chi connectivity index (χ0n) is 16.8. The van der Waals surface area contributed by atoms with E-state index in [1.807, 2.05) is 42.5 Å². The smallest absolute Gasteiger partial charge is 0.256 e. The number of hydrogen-bond acceptors (Lipinski definition) is 3. The van der Waals surface area contributed by atoms with E-state index in [-0.39, 0.29) is 5.91 Å². The van der Waals surface area contributed by atoms with E-state index in [1.54, 1.807) is 13.2 Å². The number of carbonyl (C=O) groups is 1. The van der Waals surface area contributed by atoms with Crippen LogP contribution in [0.4, 0.5) is 5.69 Å². The van der Waals surface area contributed by atoms with E-state index in [2.05, 4.69) is 52.4 Å². The minimum absolute atomic E-state index is 0.194. The number of anilines is 1. The summed E-state index contributed by atoms with van der Waals surface area (Å²) in [7, 11) is 1.60. The summed E-state index contributed by atoms with van der Waals surface area (Å²) in [5.41, 5.74) is 5.02. The standard InChI is InChI=1S/C25H21BrN2O2/c1-3-16-7-9-17(10-8-16)24-15-22(21-13-18(26)11-12-23(21)28-24)25(29)27-19-5-4-6-20(14-19)30-2/h4-15H,3H2,1-2H3,(H,27,29). The van der Waals surface area contributed by atoms with Crippen molar-refractivity contribution < 1.29 is 9.53 Å². The Hall–Kier alpha value is -3.18. The summed E-state index contributed by atoms with van der Waals surface area (Å²) in [5.74, 6) is 0.493. The molecule has 0 bridgehead atoms. The molecule has 1 amide bonds. The number of amides is 1. The third-order valence-corrected chi connectivity index (χ3v) is 5.49. The molecule has 4 nitrogen and oxygen atoms in total. The molecule has 0 radical (unpaired) electrons. The average molecular weight is 461 g/mol. The van der Waals surface area contributed by atoms with Crippen LogP contribution in [0.1, 0.15) is 22.8 Å². The highest BCUT2D eigenvalue weighted by Gasteiger charge is 2.15. The quantitative estimate of drug-likeness (QED) is 0.370. The Kier molecular flexibility index (Phi) is 5.81. The summed E-state index contributed by atoms with van der Waals surface area (Å²) in [5, 5.41) is 3.77. The number of methoxy groups -OCH3 is 1. The molecule has 1 N–H and O–H groups in total. The molecule has 0 saturated heterocycles. The molecule has 0 fully saturated rings. The zero-order valence-corrected chi connectivity index (χ0v) is 18.4. The lowest BCUT2D eigenvalue weighted by molar-refractivity contribution is 0.102. The van der Waals surface area contributed by atoms with Gasteiger partial charge >= 0.3 is 0 Å². The second-order valence-electron chi connectivity index (χ2n) is 6.95. The van der Waals surface area contributed by atoms with Gasteiger partial charge in [0, 0.05) is 27.2 Å². The Morgan fingerprint density at radius 2 is 1.83 bits per heavy atom. The fourth-order valence-corrected chi connectivity index (χ4v) is 3.71. The minimum atomic E-state index is -0.194. The molecule has 4 rings (SSSR count). The fourth-order valence-electron chi connectivity index (χ4n) is 3.34. The van der Waals surface area contributed by atoms with E-state index in [0.29, 0.717) is 17.0 Å². The maximum absolute atomic E-state index is 13.2. The van der Waals surface area contributed by atoms with E-state index in [9.17, 15) is 4.79 Å². The van der Waals surface area contributed by atoms with Gasteiger partial charge in [-0.05, 0) is 48.4 Å². The first-order valence-electron chi connectivity index (χ1n) is 9.72. The van der Waals surface area contributed by atoms with Crippen LogP contribution < -0.4 is 10.1 Å². The number of hydrogen-bond donors (Lipinski definition) is 1. The van der Waals surface area contributed by atoms with Gasteiger partial charge in [0.25, 0.3) is 5.91 Å². The number of halogens is 1. The van der Waals surface area contributed by atoms with Crippen molar-refractivity contribution in [3.05, 3.63) is 88.4 Å². The van der Waals surface area contributed by atoms with Gasteiger partial charge in [0.2, 0.25) is 0 Å². The molecule has 5 heteroatoms. The van der Waals surface area contributed by atoms with Gasteiger partial charge in [0.15, 0.2) is 0 Å². The summed E-state index contributed by atoms with van der Waals surface area (Å²) >= 11 is 3.50. The lowest BCUT2D eigenvalue weighted by Crippen LogP contribution is -2.13. The molecule has 0 unspecified atom stereocenters. The van der Waals surface area contributed by atoms with Crippen molar-refractivity contribution in [1.82, 2.24) is 4.98 Å². The second kappa shape index (κ2) is 8.67. The maximum atomic E-state index is 13.2. The van der Waals surface area contributed by atoms with E-state index >= 15 is 0 Å². The highest BCUT2D eigenvalue weighted by molar-refractivity contribution is 9.10. The van der Waals surface area contributed by atoms with Gasteiger partial charge in [-0.3, -0.25) is 4.79 Å². The number of pyridine rings is 1. The van der Waals surface area contributed by atoms with Gasteiger partial charge in [-0.25, -0.2) is 4.98 Å². The van der Waals surface area contributed by atoms with Gasteiger partial charge in [-0.15, -0.1) is 0 Å². The Balaban J connectivity index is 1.79. The zero-order chi connectivity index (χ0) is 21.1. The molecule has 0 aliphatic rings. The first kappa shape index (κ1) is 20.1. The number of aromatic nitrogens is 1. The summed E-state index contributed by atoms with van der Waals surface area (Å²) in [6.45, 7) is 2.13. The van der Waals surface area contributed by atoms with Crippen LogP contribution in [0.5, 0.6) is 5.75 Å². The highest BCUT2D eigenvalue weighted by Crippen LogP contribution is 2.28. The molecule has 3 aromatic carbocycles. The molecule has 30 heavy (non-hydrogen) atoms. The molecule has 1 heterocycles. The van der Waals surface area contributed by atoms with Crippen LogP contribution in [-0.2, 0) is 6.42 Å². The van der Waals surface area contributed by atoms with Crippen molar-refractivity contribution in [3.8, 4) is 17.0 Å². The van der Waals surface area contributed by atoms with Crippen molar-refractivity contribution in [2.45, 2.75) is 13.3 Å². The van der Waals surface area contributed by atoms with E-state index in [0.717, 1.165) is 33.1 Å². The van der Waals surface area contributed by atoms with Crippen molar-refractivity contribution in [2.24, 2.45) is 0 Å². The van der Waals surface area contributed by atoms with Crippen molar-refractivity contribution in [1.29, 1.82) is 0 Å². The summed E-state index contributed by atoms with van der Waals surface area (Å²) in [6.07, 6.45) is 0.980. The van der Waals surface area contributed by atoms with E-state index < -0.39 is 0 Å². The Bertz CT molecular complexity index is 1220. The summed E-state index contributed by atoms with van der Waals surface area (Å²) < 4.78 is 6.15. The SMILES string of the molecule is CCc1ccc(-c2cc(C(=O)Nc3cccc(OC)c3)c3cc(Br)ccc3n2)cc1. The third kappa shape index (κ3) is 4.21. The molecule has 150 valence electrons. The minimum Gasteiger partial charge on any atom is -0.497 e. The van der Waals surface area contributed by atoms with Crippen LogP contribution in [0, 0.1) is 0 Å². The molecular formula is C25H21BrN2O2. The van der Waals surface area contributed by atoms with E-state index in [4.69, 9.17) is 9.72 Å². The predicted molar refractivity (Wildman–Crippen MR) is 125 cm³/mol. The normalized spacial score (nSPS) is 10.8. The summed E-state index contributed by atoms with van der Waals surface area (Å²) in [4.78, 5) is 18.0. The van der Waals surface area contributed by atoms with Gasteiger partial charge in [0.1, 0.15) is 5.75 Å². The number of nitrogens with zero attached hydrogens (tertiary/aromatic N) is 1. The van der Waals surface area contributed by atoms with Crippen LogP contribution in [0.15, 0.2) is 77.3 Å². The van der Waals surface area contributed by atoms with Gasteiger partial charge in [-0.1, -0.05) is 53.2 Å². The first-order chi connectivity index (χ1) is 14.6. The molecule has 4 aromatic rings. The monoisotopic (exact) mass is 460 g/mol. The van der Waals surface area contributed by atoms with Crippen molar-refractivity contribution in [2.75, 3.05) is 12.4 Å². The van der Waals surface area contributed by atoms with Crippen molar-refractivity contribution in [3.63, 3.8) is 0 Å². The number of fused-ring (bicyclic) bond motifs is 1. The summed E-state index contributed by atoms with van der Waals surface area (Å²) in [6, 6.07) is 23.2. The largest absolute Gasteiger partial charge is 0.497 e. The molecule has 0 aliphatic carbocycles. The lowest BCUT2D eigenvalue weighted by atomic mass is 10.0. The number of nitrogens with one attached hydrogen (secondary N) is 1. The van der Waals surface area contributed by atoms with Crippen LogP contribution >= 0.6 is 15.9 Å². The van der Waals surface area contributed by atoms with Crippen LogP contribution in [-0.4, -0.2) is 18.0 Å². The number of carbonyl (C=O) groups excluding carboxylic acids is 1. The van der Waals surface area contributed by atoms with Crippen LogP contribution in [0.2, 0.25) is 0 Å². The van der Waals surface area contributed by atoms with Crippen LogP contribution in [0.3, 0.4) is 0 Å². The fraction of sp³-hybridized carbons (Fsp3) is 0.120. The Morgan fingerprint density at radius 3 is 2.57 bits per heavy atom. The molecule has 0 atom stereocenters. The molecular weight excluding hydrogens is 440 g/mol. The number of aryl methyl sites for hydroxylation is 1. The molecule has 0 spiro atoms. The van der Waals surface area contributed by atoms with E-state index in [1.165, 1.54) is 5.56 Å². The highest BCUT2D eigenvalue weighted by atomic mass is 79.9. The van der Waals surface area contributed by atoms with Crippen LogP contribution in [0.25, 0.3) is 22.2 Å². The lowest BCUT2D eigenvalue weighted by Gasteiger charge is -2.12. The third-order valence-electron chi connectivity index (χ3n) is 5.00. The van der Waals surface area contributed by atoms with Gasteiger partial charge in [0.05, 0.1) is 23.9 Å². The maximum Gasteiger partial charge on any atom is 0.256 e. The molecule has 0 saturated carbocycles. The van der Waals surface area contributed by atoms with Gasteiger partial charge in [-0.2, -0.15) is 0 Å². The number of benzene rings is 3. The molecule has 1 aromatic heterocycles. The topological polar surface area (TPSA) is 51.2 Å². The second-order valence-corrected chi connectivity index (χ2v) is 7.87. The Labute approximate surface area is 184 Å². The predicted octanol–water partition coefficient (Wildman–Crippen LogP) is 6.49. The van der Waals surface area contributed by atoms with Crippen molar-refractivity contribution >= 4 is 38.4 Å². The first-order valence-corrected chi connectivity index (χ1v) is 10.5. The number of ether oxygens (including phenoxy) is 1. The average Bonchev–Trinajstić information content (AvgIpc) is 2.78. The van der Waals surface area contributed by atoms with Gasteiger partial charge < -0.3 is 10.1 Å². The molecule has 0 aliphatic heterocycles.